The van der Waals surface area contributed by atoms with Gasteiger partial charge in [-0.05, 0) is 58.8 Å². The van der Waals surface area contributed by atoms with E-state index in [9.17, 15) is 14.4 Å². The number of imide groups is 2. The van der Waals surface area contributed by atoms with Crippen LogP contribution in [0.15, 0.2) is 46.4 Å². The number of anilines is 1. The van der Waals surface area contributed by atoms with Gasteiger partial charge in [0, 0.05) is 0 Å². The monoisotopic (exact) mass is 478 g/mol. The quantitative estimate of drug-likeness (QED) is 0.514. The fourth-order valence-electron chi connectivity index (χ4n) is 2.81. The Balaban J connectivity index is 2.06. The molecule has 1 heterocycles. The topological polar surface area (TPSA) is 84.9 Å². The van der Waals surface area contributed by atoms with Crippen molar-refractivity contribution in [1.29, 1.82) is 0 Å². The molecule has 1 aliphatic rings. The average Bonchev–Trinajstić information content (AvgIpc) is 2.67. The largest absolute Gasteiger partial charge is 0.492 e. The number of rotatable bonds is 5. The third-order valence-corrected chi connectivity index (χ3v) is 4.95. The zero-order valence-corrected chi connectivity index (χ0v) is 17.8. The van der Waals surface area contributed by atoms with Gasteiger partial charge in [-0.2, -0.15) is 0 Å². The van der Waals surface area contributed by atoms with E-state index in [0.29, 0.717) is 28.1 Å². The van der Waals surface area contributed by atoms with Crippen molar-refractivity contribution in [3.05, 3.63) is 57.0 Å². The maximum Gasteiger partial charge on any atom is 0.335 e. The lowest BCUT2D eigenvalue weighted by molar-refractivity contribution is -0.122. The molecule has 3 rings (SSSR count). The molecule has 1 N–H and O–H groups in total. The minimum Gasteiger partial charge on any atom is -0.492 e. The number of ether oxygens (including phenoxy) is 2. The first-order valence-electron chi connectivity index (χ1n) is 8.53. The number of amides is 4. The Labute approximate surface area is 180 Å². The predicted molar refractivity (Wildman–Crippen MR) is 112 cm³/mol. The molecule has 0 bridgehead atoms. The summed E-state index contributed by atoms with van der Waals surface area (Å²) in [6.07, 6.45) is 1.38. The van der Waals surface area contributed by atoms with Crippen LogP contribution >= 0.6 is 27.5 Å². The van der Waals surface area contributed by atoms with Crippen LogP contribution in [-0.2, 0) is 9.59 Å². The summed E-state index contributed by atoms with van der Waals surface area (Å²) >= 11 is 9.52. The number of nitrogens with one attached hydrogen (secondary N) is 1. The second-order valence-corrected chi connectivity index (χ2v) is 7.14. The molecule has 0 aromatic heterocycles. The Bertz CT molecular complexity index is 1040. The van der Waals surface area contributed by atoms with E-state index >= 15 is 0 Å². The summed E-state index contributed by atoms with van der Waals surface area (Å²) in [4.78, 5) is 38.4. The average molecular weight is 480 g/mol. The van der Waals surface area contributed by atoms with E-state index in [0.717, 1.165) is 4.90 Å². The molecule has 0 unspecified atom stereocenters. The summed E-state index contributed by atoms with van der Waals surface area (Å²) in [6, 6.07) is 8.82. The third-order valence-electron chi connectivity index (χ3n) is 4.04. The lowest BCUT2D eigenvalue weighted by Gasteiger charge is -2.27. The van der Waals surface area contributed by atoms with Gasteiger partial charge in [0.2, 0.25) is 0 Å². The Morgan fingerprint density at radius 1 is 1.21 bits per heavy atom. The molecule has 1 saturated heterocycles. The van der Waals surface area contributed by atoms with E-state index in [1.165, 1.54) is 19.3 Å². The van der Waals surface area contributed by atoms with Crippen LogP contribution < -0.4 is 19.7 Å². The molecule has 2 aromatic carbocycles. The molecule has 7 nitrogen and oxygen atoms in total. The molecule has 1 fully saturated rings. The van der Waals surface area contributed by atoms with E-state index in [-0.39, 0.29) is 16.3 Å². The first kappa shape index (κ1) is 20.9. The minimum atomic E-state index is -0.865. The first-order valence-corrected chi connectivity index (χ1v) is 9.70. The number of halogens is 2. The molecule has 9 heteroatoms. The number of urea groups is 1. The van der Waals surface area contributed by atoms with Crippen LogP contribution in [0.2, 0.25) is 5.02 Å². The number of carbonyl (C=O) groups is 3. The molecular formula is C20H16BrClN2O5. The van der Waals surface area contributed by atoms with Gasteiger partial charge in [-0.15, -0.1) is 0 Å². The van der Waals surface area contributed by atoms with Gasteiger partial charge in [-0.1, -0.05) is 23.7 Å². The predicted octanol–water partition coefficient (Wildman–Crippen LogP) is 4.18. The van der Waals surface area contributed by atoms with Gasteiger partial charge in [0.15, 0.2) is 11.5 Å². The molecule has 150 valence electrons. The highest BCUT2D eigenvalue weighted by Gasteiger charge is 2.37. The van der Waals surface area contributed by atoms with Crippen LogP contribution in [-0.4, -0.2) is 31.6 Å². The van der Waals surface area contributed by atoms with Gasteiger partial charge in [0.1, 0.15) is 5.57 Å². The van der Waals surface area contributed by atoms with Crippen molar-refractivity contribution in [2.45, 2.75) is 6.92 Å². The van der Waals surface area contributed by atoms with Crippen LogP contribution in [0.3, 0.4) is 0 Å². The molecule has 29 heavy (non-hydrogen) atoms. The van der Waals surface area contributed by atoms with Crippen LogP contribution in [0.4, 0.5) is 10.5 Å². The maximum absolute atomic E-state index is 13.0. The van der Waals surface area contributed by atoms with Gasteiger partial charge in [0.25, 0.3) is 11.8 Å². The van der Waals surface area contributed by atoms with Crippen LogP contribution in [0.25, 0.3) is 6.08 Å². The SMILES string of the molecule is CCOc1cc(/C=C2\C(=O)NC(=O)N(c3ccccc3Cl)C2=O)cc(Br)c1OC. The van der Waals surface area contributed by atoms with Gasteiger partial charge in [0.05, 0.1) is 28.9 Å². The van der Waals surface area contributed by atoms with Crippen molar-refractivity contribution >= 4 is 57.1 Å². The van der Waals surface area contributed by atoms with E-state index < -0.39 is 17.8 Å². The maximum atomic E-state index is 13.0. The van der Waals surface area contributed by atoms with Gasteiger partial charge in [-0.3, -0.25) is 14.9 Å². The lowest BCUT2D eigenvalue weighted by Crippen LogP contribution is -2.54. The van der Waals surface area contributed by atoms with Crippen LogP contribution in [0.1, 0.15) is 12.5 Å². The zero-order valence-electron chi connectivity index (χ0n) is 15.5. The number of barbiturate groups is 1. The van der Waals surface area contributed by atoms with E-state index in [2.05, 4.69) is 21.2 Å². The summed E-state index contributed by atoms with van der Waals surface area (Å²) in [5.74, 6) is -0.648. The number of methoxy groups -OCH3 is 1. The van der Waals surface area contributed by atoms with Crippen molar-refractivity contribution in [2.75, 3.05) is 18.6 Å². The number of para-hydroxylation sites is 1. The molecule has 0 spiro atoms. The number of carbonyl (C=O) groups excluding carboxylic acids is 3. The van der Waals surface area contributed by atoms with E-state index in [4.69, 9.17) is 21.1 Å². The summed E-state index contributed by atoms with van der Waals surface area (Å²) in [5.41, 5.74) is 0.470. The van der Waals surface area contributed by atoms with Gasteiger partial charge in [-0.25, -0.2) is 9.69 Å². The summed E-state index contributed by atoms with van der Waals surface area (Å²) < 4.78 is 11.5. The first-order chi connectivity index (χ1) is 13.9. The van der Waals surface area contributed by atoms with Crippen molar-refractivity contribution < 1.29 is 23.9 Å². The summed E-state index contributed by atoms with van der Waals surface area (Å²) in [5, 5.41) is 2.37. The Kier molecular flexibility index (Phi) is 6.24. The van der Waals surface area contributed by atoms with Gasteiger partial charge < -0.3 is 9.47 Å². The number of hydrogen-bond acceptors (Lipinski definition) is 5. The minimum absolute atomic E-state index is 0.181. The van der Waals surface area contributed by atoms with Crippen molar-refractivity contribution in [3.63, 3.8) is 0 Å². The zero-order chi connectivity index (χ0) is 21.1. The smallest absolute Gasteiger partial charge is 0.335 e. The van der Waals surface area contributed by atoms with Crippen molar-refractivity contribution in [3.8, 4) is 11.5 Å². The lowest BCUT2D eigenvalue weighted by atomic mass is 10.1. The molecule has 0 radical (unpaired) electrons. The van der Waals surface area contributed by atoms with Crippen molar-refractivity contribution in [2.24, 2.45) is 0 Å². The second kappa shape index (κ2) is 8.67. The molecule has 2 aromatic rings. The number of hydrogen-bond donors (Lipinski definition) is 1. The fraction of sp³-hybridized carbons (Fsp3) is 0.150. The molecule has 0 aliphatic carbocycles. The number of nitrogens with zero attached hydrogens (tertiary/aromatic N) is 1. The Morgan fingerprint density at radius 3 is 2.59 bits per heavy atom. The Hall–Kier alpha value is -2.84. The highest BCUT2D eigenvalue weighted by molar-refractivity contribution is 9.10. The highest BCUT2D eigenvalue weighted by Crippen LogP contribution is 2.37. The third kappa shape index (κ3) is 4.13. The second-order valence-electron chi connectivity index (χ2n) is 5.88. The fourth-order valence-corrected chi connectivity index (χ4v) is 3.65. The summed E-state index contributed by atoms with van der Waals surface area (Å²) in [6.45, 7) is 2.22. The van der Waals surface area contributed by atoms with Gasteiger partial charge >= 0.3 is 6.03 Å². The normalized spacial score (nSPS) is 15.5. The molecule has 0 saturated carbocycles. The van der Waals surface area contributed by atoms with E-state index in [1.54, 1.807) is 30.3 Å². The standard InChI is InChI=1S/C20H16BrClN2O5/c1-3-29-16-10-11(9-13(21)17(16)28-2)8-12-18(25)23-20(27)24(19(12)26)15-7-5-4-6-14(15)22/h4-10H,3H2,1-2H3,(H,23,25,27)/b12-8+. The molecule has 0 atom stereocenters. The van der Waals surface area contributed by atoms with Crippen LogP contribution in [0, 0.1) is 0 Å². The van der Waals surface area contributed by atoms with E-state index in [1.807, 2.05) is 6.92 Å². The van der Waals surface area contributed by atoms with Crippen LogP contribution in [0.5, 0.6) is 11.5 Å². The molecular weight excluding hydrogens is 464 g/mol. The Morgan fingerprint density at radius 2 is 1.93 bits per heavy atom. The molecule has 1 aliphatic heterocycles. The molecule has 4 amide bonds. The number of benzene rings is 2. The highest BCUT2D eigenvalue weighted by atomic mass is 79.9. The summed E-state index contributed by atoms with van der Waals surface area (Å²) in [7, 11) is 1.51. The van der Waals surface area contributed by atoms with Crippen molar-refractivity contribution in [1.82, 2.24) is 5.32 Å².